The number of esters is 1. The highest BCUT2D eigenvalue weighted by Crippen LogP contribution is 2.23. The van der Waals surface area contributed by atoms with E-state index in [0.717, 1.165) is 12.1 Å². The average Bonchev–Trinajstić information content (AvgIpc) is 2.52. The van der Waals surface area contributed by atoms with Crippen molar-refractivity contribution < 1.29 is 13.9 Å². The molecule has 1 aromatic heterocycles. The Labute approximate surface area is 148 Å². The molecule has 1 aromatic carbocycles. The molecule has 0 N–H and O–H groups in total. The van der Waals surface area contributed by atoms with Gasteiger partial charge in [-0.15, -0.1) is 0 Å². The molecule has 0 aliphatic heterocycles. The molecule has 134 valence electrons. The second-order valence-corrected chi connectivity index (χ2v) is 6.34. The number of hydrogen-bond acceptors (Lipinski definition) is 4. The van der Waals surface area contributed by atoms with Gasteiger partial charge in [0.15, 0.2) is 0 Å². The number of rotatable bonds is 3. The third-order valence-corrected chi connectivity index (χ3v) is 4.20. The molecule has 0 spiro atoms. The Hall–Kier alpha value is -2.41. The summed E-state index contributed by atoms with van der Waals surface area (Å²) in [6.07, 6.45) is -0.408. The Morgan fingerprint density at radius 3 is 2.40 bits per heavy atom. The molecule has 0 saturated heterocycles. The fourth-order valence-corrected chi connectivity index (χ4v) is 2.54. The molecule has 0 fully saturated rings. The number of carbonyl (C=O) groups excluding carboxylic acids is 1. The van der Waals surface area contributed by atoms with Gasteiger partial charge >= 0.3 is 11.7 Å². The Balaban J connectivity index is 2.80. The standard InChI is InChI=1S/C17H18ClFN2O4/c1-8(2)25-16(23)11-6-14(13(19)7-12(11)18)21-15(22)9(3)10(4)20(5)17(21)24/h6-8H,1-5H3. The maximum Gasteiger partial charge on any atom is 0.339 e. The lowest BCUT2D eigenvalue weighted by atomic mass is 10.1. The van der Waals surface area contributed by atoms with Crippen LogP contribution in [0.2, 0.25) is 5.02 Å². The number of hydrogen-bond donors (Lipinski definition) is 0. The Kier molecular flexibility index (Phi) is 5.17. The van der Waals surface area contributed by atoms with Crippen molar-refractivity contribution in [2.45, 2.75) is 33.8 Å². The Morgan fingerprint density at radius 1 is 1.24 bits per heavy atom. The molecular weight excluding hydrogens is 351 g/mol. The highest BCUT2D eigenvalue weighted by Gasteiger charge is 2.21. The van der Waals surface area contributed by atoms with E-state index >= 15 is 0 Å². The number of benzene rings is 1. The Morgan fingerprint density at radius 2 is 1.84 bits per heavy atom. The molecule has 1 heterocycles. The number of halogens is 2. The van der Waals surface area contributed by atoms with Crippen molar-refractivity contribution in [2.75, 3.05) is 0 Å². The number of aromatic nitrogens is 2. The maximum absolute atomic E-state index is 14.4. The van der Waals surface area contributed by atoms with Gasteiger partial charge < -0.3 is 9.30 Å². The second-order valence-electron chi connectivity index (χ2n) is 5.93. The van der Waals surface area contributed by atoms with E-state index in [9.17, 15) is 18.8 Å². The minimum Gasteiger partial charge on any atom is -0.459 e. The van der Waals surface area contributed by atoms with Gasteiger partial charge in [0.25, 0.3) is 5.56 Å². The van der Waals surface area contributed by atoms with Gasteiger partial charge in [0, 0.05) is 18.3 Å². The van der Waals surface area contributed by atoms with E-state index in [1.54, 1.807) is 20.8 Å². The van der Waals surface area contributed by atoms with Crippen LogP contribution < -0.4 is 11.2 Å². The van der Waals surface area contributed by atoms with E-state index in [0.29, 0.717) is 15.8 Å². The maximum atomic E-state index is 14.4. The van der Waals surface area contributed by atoms with Gasteiger partial charge in [0.2, 0.25) is 0 Å². The van der Waals surface area contributed by atoms with Gasteiger partial charge in [0.05, 0.1) is 22.4 Å². The van der Waals surface area contributed by atoms with Crippen molar-refractivity contribution in [1.82, 2.24) is 9.13 Å². The van der Waals surface area contributed by atoms with E-state index in [4.69, 9.17) is 16.3 Å². The third-order valence-electron chi connectivity index (χ3n) is 3.89. The first-order valence-electron chi connectivity index (χ1n) is 7.55. The van der Waals surface area contributed by atoms with Crippen molar-refractivity contribution >= 4 is 17.6 Å². The monoisotopic (exact) mass is 368 g/mol. The minimum atomic E-state index is -0.895. The molecule has 8 heteroatoms. The zero-order valence-corrected chi connectivity index (χ0v) is 15.3. The Bertz CT molecular complexity index is 939. The summed E-state index contributed by atoms with van der Waals surface area (Å²) in [5, 5.41) is -0.166. The van der Waals surface area contributed by atoms with Crippen molar-refractivity contribution in [3.63, 3.8) is 0 Å². The first kappa shape index (κ1) is 18.9. The van der Waals surface area contributed by atoms with Crippen LogP contribution in [0.5, 0.6) is 0 Å². The average molecular weight is 369 g/mol. The fraction of sp³-hybridized carbons (Fsp3) is 0.353. The summed E-state index contributed by atoms with van der Waals surface area (Å²) in [5.74, 6) is -1.66. The number of carbonyl (C=O) groups is 1. The summed E-state index contributed by atoms with van der Waals surface area (Å²) in [6, 6.07) is 1.94. The predicted octanol–water partition coefficient (Wildman–Crippen LogP) is 2.51. The minimum absolute atomic E-state index is 0.126. The van der Waals surface area contributed by atoms with Gasteiger partial charge in [-0.3, -0.25) is 4.79 Å². The first-order valence-corrected chi connectivity index (χ1v) is 7.93. The van der Waals surface area contributed by atoms with Gasteiger partial charge in [-0.05, 0) is 39.8 Å². The zero-order chi connectivity index (χ0) is 19.0. The van der Waals surface area contributed by atoms with Crippen LogP contribution in [0.3, 0.4) is 0 Å². The van der Waals surface area contributed by atoms with Gasteiger partial charge in [0.1, 0.15) is 5.82 Å². The topological polar surface area (TPSA) is 70.3 Å². The normalized spacial score (nSPS) is 11.0. The molecule has 0 bridgehead atoms. The van der Waals surface area contributed by atoms with Crippen LogP contribution >= 0.6 is 11.6 Å². The summed E-state index contributed by atoms with van der Waals surface area (Å²) in [6.45, 7) is 6.46. The smallest absolute Gasteiger partial charge is 0.339 e. The lowest BCUT2D eigenvalue weighted by molar-refractivity contribution is 0.0378. The van der Waals surface area contributed by atoms with E-state index in [2.05, 4.69) is 0 Å². The molecule has 0 aliphatic carbocycles. The van der Waals surface area contributed by atoms with Crippen LogP contribution in [-0.4, -0.2) is 21.2 Å². The molecule has 2 aromatic rings. The van der Waals surface area contributed by atoms with E-state index in [-0.39, 0.29) is 16.3 Å². The van der Waals surface area contributed by atoms with Crippen molar-refractivity contribution in [3.05, 3.63) is 60.6 Å². The van der Waals surface area contributed by atoms with E-state index in [1.807, 2.05) is 0 Å². The second kappa shape index (κ2) is 6.84. The van der Waals surface area contributed by atoms with Crippen molar-refractivity contribution in [1.29, 1.82) is 0 Å². The van der Waals surface area contributed by atoms with Crippen LogP contribution in [0.25, 0.3) is 5.69 Å². The molecule has 0 radical (unpaired) electrons. The fourth-order valence-electron chi connectivity index (χ4n) is 2.31. The first-order chi connectivity index (χ1) is 11.6. The highest BCUT2D eigenvalue weighted by atomic mass is 35.5. The summed E-state index contributed by atoms with van der Waals surface area (Å²) < 4.78 is 21.4. The molecule has 6 nitrogen and oxygen atoms in total. The third kappa shape index (κ3) is 3.37. The summed E-state index contributed by atoms with van der Waals surface area (Å²) in [5.41, 5.74) is -1.10. The van der Waals surface area contributed by atoms with Crippen LogP contribution in [-0.2, 0) is 11.8 Å². The zero-order valence-electron chi connectivity index (χ0n) is 14.5. The number of nitrogens with zero attached hydrogens (tertiary/aromatic N) is 2. The van der Waals surface area contributed by atoms with Gasteiger partial charge in [-0.1, -0.05) is 11.6 Å². The van der Waals surface area contributed by atoms with Crippen LogP contribution in [0, 0.1) is 19.7 Å². The number of ether oxygens (including phenoxy) is 1. The largest absolute Gasteiger partial charge is 0.459 e. The van der Waals surface area contributed by atoms with Crippen LogP contribution in [0.4, 0.5) is 4.39 Å². The molecule has 0 amide bonds. The molecule has 2 rings (SSSR count). The highest BCUT2D eigenvalue weighted by molar-refractivity contribution is 6.33. The summed E-state index contributed by atoms with van der Waals surface area (Å²) in [4.78, 5) is 37.1. The lowest BCUT2D eigenvalue weighted by Gasteiger charge is -2.15. The summed E-state index contributed by atoms with van der Waals surface area (Å²) >= 11 is 5.92. The predicted molar refractivity (Wildman–Crippen MR) is 92.3 cm³/mol. The summed E-state index contributed by atoms with van der Waals surface area (Å²) in [7, 11) is 1.47. The molecule has 0 unspecified atom stereocenters. The van der Waals surface area contributed by atoms with Gasteiger partial charge in [-0.2, -0.15) is 0 Å². The van der Waals surface area contributed by atoms with Crippen LogP contribution in [0.15, 0.2) is 21.7 Å². The quantitative estimate of drug-likeness (QED) is 0.780. The van der Waals surface area contributed by atoms with E-state index < -0.39 is 29.1 Å². The molecule has 0 saturated carbocycles. The van der Waals surface area contributed by atoms with Crippen LogP contribution in [0.1, 0.15) is 35.5 Å². The van der Waals surface area contributed by atoms with Crippen molar-refractivity contribution in [3.8, 4) is 5.69 Å². The molecule has 25 heavy (non-hydrogen) atoms. The lowest BCUT2D eigenvalue weighted by Crippen LogP contribution is -2.40. The van der Waals surface area contributed by atoms with Gasteiger partial charge in [-0.25, -0.2) is 18.5 Å². The van der Waals surface area contributed by atoms with Crippen molar-refractivity contribution in [2.24, 2.45) is 7.05 Å². The van der Waals surface area contributed by atoms with E-state index in [1.165, 1.54) is 18.5 Å². The molecule has 0 atom stereocenters. The SMILES string of the molecule is Cc1c(C)n(C)c(=O)n(-c2cc(C(=O)OC(C)C)c(Cl)cc2F)c1=O. The molecule has 0 aliphatic rings. The molecular formula is C17H18ClFN2O4.